The van der Waals surface area contributed by atoms with E-state index in [1.807, 2.05) is 0 Å². The maximum Gasteiger partial charge on any atom is 0.358 e. The standard InChI is InChI=1S/C14H12FNO3/c15-11-6-9-4-2-1-3-8(9)5-10(11)13-7-12(14(17)18)16-19-13/h5-7H,1-4H2,(H,17,18). The van der Waals surface area contributed by atoms with E-state index in [4.69, 9.17) is 9.63 Å². The normalized spacial score (nSPS) is 14.2. The zero-order chi connectivity index (χ0) is 13.4. The third-order valence-corrected chi connectivity index (χ3v) is 3.43. The molecule has 0 saturated heterocycles. The van der Waals surface area contributed by atoms with Gasteiger partial charge in [0, 0.05) is 6.07 Å². The van der Waals surface area contributed by atoms with Crippen molar-refractivity contribution in [3.8, 4) is 11.3 Å². The molecular formula is C14H12FNO3. The van der Waals surface area contributed by atoms with Crippen LogP contribution in [-0.2, 0) is 12.8 Å². The zero-order valence-corrected chi connectivity index (χ0v) is 10.1. The summed E-state index contributed by atoms with van der Waals surface area (Å²) < 4.78 is 19.0. The maximum atomic E-state index is 14.0. The van der Waals surface area contributed by atoms with Crippen molar-refractivity contribution in [1.82, 2.24) is 5.16 Å². The molecule has 5 heteroatoms. The summed E-state index contributed by atoms with van der Waals surface area (Å²) in [5.41, 5.74) is 2.20. The van der Waals surface area contributed by atoms with Gasteiger partial charge >= 0.3 is 5.97 Å². The average Bonchev–Trinajstić information content (AvgIpc) is 2.87. The van der Waals surface area contributed by atoms with Crippen molar-refractivity contribution >= 4 is 5.97 Å². The lowest BCUT2D eigenvalue weighted by Gasteiger charge is -2.16. The lowest BCUT2D eigenvalue weighted by atomic mass is 9.90. The predicted molar refractivity (Wildman–Crippen MR) is 65.5 cm³/mol. The molecule has 0 radical (unpaired) electrons. The third kappa shape index (κ3) is 2.12. The molecule has 98 valence electrons. The Bertz CT molecular complexity index is 648. The monoisotopic (exact) mass is 261 g/mol. The van der Waals surface area contributed by atoms with Crippen LogP contribution >= 0.6 is 0 Å². The second kappa shape index (κ2) is 4.50. The molecule has 0 saturated carbocycles. The van der Waals surface area contributed by atoms with E-state index >= 15 is 0 Å². The predicted octanol–water partition coefficient (Wildman–Crippen LogP) is 3.06. The number of aryl methyl sites for hydroxylation is 2. The summed E-state index contributed by atoms with van der Waals surface area (Å²) in [6.45, 7) is 0. The summed E-state index contributed by atoms with van der Waals surface area (Å²) in [5, 5.41) is 12.2. The highest BCUT2D eigenvalue weighted by molar-refractivity contribution is 5.86. The molecule has 2 aromatic rings. The Balaban J connectivity index is 2.06. The van der Waals surface area contributed by atoms with Gasteiger partial charge in [-0.2, -0.15) is 0 Å². The number of hydrogen-bond acceptors (Lipinski definition) is 3. The summed E-state index contributed by atoms with van der Waals surface area (Å²) >= 11 is 0. The van der Waals surface area contributed by atoms with Gasteiger partial charge in [0.25, 0.3) is 0 Å². The Labute approximate surface area is 108 Å². The van der Waals surface area contributed by atoms with Crippen molar-refractivity contribution in [2.75, 3.05) is 0 Å². The number of hydrogen-bond donors (Lipinski definition) is 1. The molecule has 1 aliphatic rings. The first-order chi connectivity index (χ1) is 9.15. The number of nitrogens with zero attached hydrogens (tertiary/aromatic N) is 1. The van der Waals surface area contributed by atoms with Crippen LogP contribution in [0.1, 0.15) is 34.5 Å². The topological polar surface area (TPSA) is 63.3 Å². The molecule has 0 aliphatic heterocycles. The molecule has 1 aromatic heterocycles. The minimum Gasteiger partial charge on any atom is -0.476 e. The minimum atomic E-state index is -1.19. The molecule has 0 spiro atoms. The first-order valence-electron chi connectivity index (χ1n) is 6.17. The second-order valence-corrected chi connectivity index (χ2v) is 4.69. The molecule has 1 aromatic carbocycles. The number of halogens is 1. The highest BCUT2D eigenvalue weighted by Gasteiger charge is 2.18. The van der Waals surface area contributed by atoms with E-state index in [-0.39, 0.29) is 17.0 Å². The van der Waals surface area contributed by atoms with Crippen molar-refractivity contribution in [3.63, 3.8) is 0 Å². The summed E-state index contributed by atoms with van der Waals surface area (Å²) in [4.78, 5) is 10.7. The van der Waals surface area contributed by atoms with Crippen molar-refractivity contribution in [3.05, 3.63) is 40.8 Å². The van der Waals surface area contributed by atoms with Gasteiger partial charge in [-0.15, -0.1) is 0 Å². The smallest absolute Gasteiger partial charge is 0.358 e. The molecule has 1 heterocycles. The van der Waals surface area contributed by atoms with Gasteiger partial charge in [0.15, 0.2) is 11.5 Å². The van der Waals surface area contributed by atoms with Crippen molar-refractivity contribution in [2.24, 2.45) is 0 Å². The molecular weight excluding hydrogens is 249 g/mol. The molecule has 0 bridgehead atoms. The fourth-order valence-electron chi connectivity index (χ4n) is 2.45. The van der Waals surface area contributed by atoms with Gasteiger partial charge in [0.05, 0.1) is 5.56 Å². The Morgan fingerprint density at radius 2 is 1.89 bits per heavy atom. The molecule has 0 amide bonds. The maximum absolute atomic E-state index is 14.0. The molecule has 0 fully saturated rings. The van der Waals surface area contributed by atoms with E-state index in [1.165, 1.54) is 12.1 Å². The number of carboxylic acids is 1. The quantitative estimate of drug-likeness (QED) is 0.902. The first-order valence-corrected chi connectivity index (χ1v) is 6.17. The van der Waals surface area contributed by atoms with Gasteiger partial charge in [0.1, 0.15) is 5.82 Å². The number of aromatic carboxylic acids is 1. The molecule has 0 atom stereocenters. The Morgan fingerprint density at radius 1 is 1.21 bits per heavy atom. The number of carbonyl (C=O) groups is 1. The van der Waals surface area contributed by atoms with E-state index < -0.39 is 11.8 Å². The Morgan fingerprint density at radius 3 is 2.53 bits per heavy atom. The Hall–Kier alpha value is -2.17. The number of aromatic nitrogens is 1. The molecule has 1 N–H and O–H groups in total. The summed E-state index contributed by atoms with van der Waals surface area (Å²) in [7, 11) is 0. The zero-order valence-electron chi connectivity index (χ0n) is 10.1. The van der Waals surface area contributed by atoms with Gasteiger partial charge in [-0.1, -0.05) is 5.16 Å². The molecule has 0 unspecified atom stereocenters. The number of carboxylic acid groups (broad SMARTS) is 1. The molecule has 3 rings (SSSR count). The fourth-order valence-corrected chi connectivity index (χ4v) is 2.45. The van der Waals surface area contributed by atoms with Crippen LogP contribution in [0.15, 0.2) is 22.7 Å². The van der Waals surface area contributed by atoms with E-state index in [0.717, 1.165) is 36.8 Å². The van der Waals surface area contributed by atoms with Gasteiger partial charge < -0.3 is 9.63 Å². The summed E-state index contributed by atoms with van der Waals surface area (Å²) in [6.07, 6.45) is 3.98. The SMILES string of the molecule is O=C(O)c1cc(-c2cc3c(cc2F)CCCC3)on1. The second-order valence-electron chi connectivity index (χ2n) is 4.69. The van der Waals surface area contributed by atoms with Crippen LogP contribution < -0.4 is 0 Å². The van der Waals surface area contributed by atoms with E-state index in [2.05, 4.69) is 5.16 Å². The van der Waals surface area contributed by atoms with E-state index in [1.54, 1.807) is 6.07 Å². The molecule has 1 aliphatic carbocycles. The van der Waals surface area contributed by atoms with Crippen molar-refractivity contribution in [2.45, 2.75) is 25.7 Å². The summed E-state index contributed by atoms with van der Waals surface area (Å²) in [6, 6.07) is 4.51. The third-order valence-electron chi connectivity index (χ3n) is 3.43. The van der Waals surface area contributed by atoms with Crippen LogP contribution in [0.4, 0.5) is 4.39 Å². The van der Waals surface area contributed by atoms with Gasteiger partial charge in [-0.3, -0.25) is 0 Å². The lowest BCUT2D eigenvalue weighted by Crippen LogP contribution is -2.04. The van der Waals surface area contributed by atoms with Crippen LogP contribution in [0, 0.1) is 5.82 Å². The highest BCUT2D eigenvalue weighted by atomic mass is 19.1. The largest absolute Gasteiger partial charge is 0.476 e. The summed E-state index contributed by atoms with van der Waals surface area (Å²) in [5.74, 6) is -1.43. The average molecular weight is 261 g/mol. The number of benzene rings is 1. The molecule has 4 nitrogen and oxygen atoms in total. The highest BCUT2D eigenvalue weighted by Crippen LogP contribution is 2.30. The Kier molecular flexibility index (Phi) is 2.81. The fraction of sp³-hybridized carbons (Fsp3) is 0.286. The van der Waals surface area contributed by atoms with Gasteiger partial charge in [0.2, 0.25) is 0 Å². The minimum absolute atomic E-state index is 0.156. The lowest BCUT2D eigenvalue weighted by molar-refractivity contribution is 0.0686. The van der Waals surface area contributed by atoms with Crippen LogP contribution in [-0.4, -0.2) is 16.2 Å². The van der Waals surface area contributed by atoms with Crippen LogP contribution in [0.5, 0.6) is 0 Å². The van der Waals surface area contributed by atoms with Gasteiger partial charge in [-0.05, 0) is 48.9 Å². The van der Waals surface area contributed by atoms with E-state index in [9.17, 15) is 9.18 Å². The van der Waals surface area contributed by atoms with Crippen molar-refractivity contribution in [1.29, 1.82) is 0 Å². The van der Waals surface area contributed by atoms with E-state index in [0.29, 0.717) is 0 Å². The van der Waals surface area contributed by atoms with Crippen LogP contribution in [0.2, 0.25) is 0 Å². The van der Waals surface area contributed by atoms with Gasteiger partial charge in [-0.25, -0.2) is 9.18 Å². The number of rotatable bonds is 2. The van der Waals surface area contributed by atoms with Crippen LogP contribution in [0.3, 0.4) is 0 Å². The first kappa shape index (κ1) is 11.9. The molecule has 19 heavy (non-hydrogen) atoms. The number of fused-ring (bicyclic) bond motifs is 1. The van der Waals surface area contributed by atoms with Crippen LogP contribution in [0.25, 0.3) is 11.3 Å². The van der Waals surface area contributed by atoms with Crippen molar-refractivity contribution < 1.29 is 18.8 Å².